The van der Waals surface area contributed by atoms with E-state index in [0.29, 0.717) is 39.0 Å². The van der Waals surface area contributed by atoms with Crippen molar-refractivity contribution >= 4 is 46.3 Å². The van der Waals surface area contributed by atoms with Crippen LogP contribution in [-0.2, 0) is 19.2 Å². The molecular weight excluding hydrogens is 965 g/mol. The van der Waals surface area contributed by atoms with Crippen LogP contribution in [0.25, 0.3) is 32.0 Å². The third-order valence-corrected chi connectivity index (χ3v) is 17.5. The maximum atomic E-state index is 14.4. The van der Waals surface area contributed by atoms with Gasteiger partial charge in [-0.2, -0.15) is 0 Å². The molecule has 6 heterocycles. The molecule has 0 unspecified atom stereocenters. The smallest absolute Gasteiger partial charge is 0.250 e. The summed E-state index contributed by atoms with van der Waals surface area (Å²) in [6.45, 7) is 10.3. The Morgan fingerprint density at radius 3 is 1.24 bits per heavy atom. The van der Waals surface area contributed by atoms with Crippen molar-refractivity contribution in [2.45, 2.75) is 62.7 Å². The summed E-state index contributed by atoms with van der Waals surface area (Å²) in [4.78, 5) is 80.6. The van der Waals surface area contributed by atoms with E-state index in [1.165, 1.54) is 0 Å². The normalized spacial score (nSPS) is 19.9. The maximum absolute atomic E-state index is 14.4. The Labute approximate surface area is 443 Å². The van der Waals surface area contributed by atoms with E-state index >= 15 is 0 Å². The van der Waals surface area contributed by atoms with Crippen molar-refractivity contribution in [3.8, 4) is 32.0 Å². The lowest BCUT2D eigenvalue weighted by molar-refractivity contribution is -0.137. The van der Waals surface area contributed by atoms with Crippen molar-refractivity contribution in [2.75, 3.05) is 92.6 Å². The van der Waals surface area contributed by atoms with Crippen molar-refractivity contribution in [1.82, 2.24) is 50.0 Å². The zero-order valence-electron chi connectivity index (χ0n) is 42.6. The molecule has 4 saturated heterocycles. The van der Waals surface area contributed by atoms with Crippen molar-refractivity contribution < 1.29 is 19.2 Å². The van der Waals surface area contributed by atoms with E-state index in [9.17, 15) is 19.2 Å². The molecule has 4 aliphatic rings. The Bertz CT molecular complexity index is 2630. The highest BCUT2D eigenvalue weighted by Crippen LogP contribution is 2.41. The summed E-state index contributed by atoms with van der Waals surface area (Å²) >= 11 is 3.25. The van der Waals surface area contributed by atoms with Gasteiger partial charge in [0.25, 0.3) is 0 Å². The van der Waals surface area contributed by atoms with Gasteiger partial charge < -0.3 is 40.0 Å². The van der Waals surface area contributed by atoms with Crippen molar-refractivity contribution in [1.29, 1.82) is 0 Å². The minimum atomic E-state index is -0.763. The first-order chi connectivity index (χ1) is 36.1. The van der Waals surface area contributed by atoms with Crippen LogP contribution in [0.4, 0.5) is 0 Å². The van der Waals surface area contributed by atoms with E-state index in [4.69, 9.17) is 9.97 Å². The third-order valence-electron chi connectivity index (χ3n) is 15.2. The molecule has 0 bridgehead atoms. The standard InChI is InChI=1S/C58H68N10O4S2/c1-63-31-35-65(36-32-63)29-25-51(69)61-53(45-11-5-3-6-12-45)57(71)67-27-9-15-47(67)55-59-39-49(73-55)43-21-17-41(18-22-43)42-19-23-44(24-20-42)50-40-60-56(74-50)48-16-10-28-68(48)58(72)54(46-13-7-4-8-14-46)62-52(70)26-30-66-37-33-64(2)34-38-66/h3-8,11-14,17-24,39-40,47-48,53-54H,9-10,15-16,25-38H2,1-2H3,(H,61,69)(H,62,70)/t47-,48-,53-,54+/m0/s1. The molecule has 74 heavy (non-hydrogen) atoms. The summed E-state index contributed by atoms with van der Waals surface area (Å²) in [7, 11) is 4.25. The number of rotatable bonds is 17. The molecule has 4 aromatic carbocycles. The zero-order chi connectivity index (χ0) is 51.0. The van der Waals surface area contributed by atoms with Gasteiger partial charge in [-0.25, -0.2) is 9.97 Å². The predicted molar refractivity (Wildman–Crippen MR) is 293 cm³/mol. The topological polar surface area (TPSA) is 138 Å². The number of aromatic nitrogens is 2. The first kappa shape index (κ1) is 51.4. The van der Waals surface area contributed by atoms with Crippen LogP contribution >= 0.6 is 22.7 Å². The van der Waals surface area contributed by atoms with Gasteiger partial charge in [0.05, 0.1) is 21.8 Å². The summed E-state index contributed by atoms with van der Waals surface area (Å²) in [6.07, 6.45) is 7.92. The second kappa shape index (κ2) is 24.0. The molecule has 4 fully saturated rings. The molecule has 6 aromatic rings. The van der Waals surface area contributed by atoms with Gasteiger partial charge in [0.15, 0.2) is 0 Å². The Kier molecular flexibility index (Phi) is 16.7. The second-order valence-electron chi connectivity index (χ2n) is 20.3. The molecular formula is C58H68N10O4S2. The molecule has 4 atom stereocenters. The number of nitrogens with one attached hydrogen (secondary N) is 2. The van der Waals surface area contributed by atoms with Crippen LogP contribution in [0.2, 0.25) is 0 Å². The van der Waals surface area contributed by atoms with Crippen LogP contribution in [0.5, 0.6) is 0 Å². The number of carbonyl (C=O) groups excluding carboxylic acids is 4. The van der Waals surface area contributed by atoms with Crippen LogP contribution in [0.15, 0.2) is 122 Å². The average molecular weight is 1030 g/mol. The van der Waals surface area contributed by atoms with Gasteiger partial charge in [-0.3, -0.25) is 19.2 Å². The van der Waals surface area contributed by atoms with Gasteiger partial charge in [-0.15, -0.1) is 22.7 Å². The minimum absolute atomic E-state index is 0.0928. The molecule has 14 nitrogen and oxygen atoms in total. The van der Waals surface area contributed by atoms with Gasteiger partial charge in [0, 0.05) is 104 Å². The molecule has 4 aliphatic heterocycles. The molecule has 386 valence electrons. The number of hydrogen-bond donors (Lipinski definition) is 2. The number of likely N-dealkylation sites (N-methyl/N-ethyl adjacent to an activating group) is 2. The molecule has 2 aromatic heterocycles. The highest BCUT2D eigenvalue weighted by molar-refractivity contribution is 7.15. The summed E-state index contributed by atoms with van der Waals surface area (Å²) in [5, 5.41) is 8.05. The Morgan fingerprint density at radius 2 is 0.865 bits per heavy atom. The van der Waals surface area contributed by atoms with E-state index in [2.05, 4.69) is 92.9 Å². The first-order valence-electron chi connectivity index (χ1n) is 26.4. The van der Waals surface area contributed by atoms with Crippen molar-refractivity contribution in [2.24, 2.45) is 0 Å². The average Bonchev–Trinajstić information content (AvgIpc) is 4.30. The van der Waals surface area contributed by atoms with Crippen LogP contribution in [0, 0.1) is 0 Å². The van der Waals surface area contributed by atoms with Crippen LogP contribution in [0.3, 0.4) is 0 Å². The minimum Gasteiger partial charge on any atom is -0.340 e. The molecule has 0 saturated carbocycles. The SMILES string of the molecule is CN1CCN(CCC(=O)N[C@H](C(=O)N2CCC[C@H]2c2ncc(-c3ccc(-c4ccc(-c5cnc([C@@H]6CCCN6C(=O)[C@H](NC(=O)CCN6CCN(C)CC6)c6ccccc6)s5)cc4)cc3)s2)c2ccccc2)CC1. The highest BCUT2D eigenvalue weighted by atomic mass is 32.1. The summed E-state index contributed by atoms with van der Waals surface area (Å²) in [5.41, 5.74) is 5.89. The van der Waals surface area contributed by atoms with Gasteiger partial charge in [-0.05, 0) is 73.2 Å². The van der Waals surface area contributed by atoms with Crippen LogP contribution in [-0.4, -0.2) is 156 Å². The predicted octanol–water partition coefficient (Wildman–Crippen LogP) is 7.92. The first-order valence-corrected chi connectivity index (χ1v) is 28.0. The number of benzene rings is 4. The summed E-state index contributed by atoms with van der Waals surface area (Å²) in [5.74, 6) is -0.411. The summed E-state index contributed by atoms with van der Waals surface area (Å²) in [6, 6.07) is 34.5. The second-order valence-corrected chi connectivity index (χ2v) is 22.4. The third kappa shape index (κ3) is 12.3. The van der Waals surface area contributed by atoms with E-state index in [-0.39, 0.29) is 35.7 Å². The molecule has 2 N–H and O–H groups in total. The maximum Gasteiger partial charge on any atom is 0.250 e. The Morgan fingerprint density at radius 1 is 0.500 bits per heavy atom. The van der Waals surface area contributed by atoms with E-state index in [1.807, 2.05) is 82.9 Å². The van der Waals surface area contributed by atoms with E-state index < -0.39 is 12.1 Å². The van der Waals surface area contributed by atoms with Gasteiger partial charge >= 0.3 is 0 Å². The van der Waals surface area contributed by atoms with Gasteiger partial charge in [0.2, 0.25) is 23.6 Å². The molecule has 4 amide bonds. The number of nitrogens with zero attached hydrogens (tertiary/aromatic N) is 8. The van der Waals surface area contributed by atoms with Crippen LogP contribution in [0.1, 0.15) is 83.8 Å². The molecule has 0 spiro atoms. The Balaban J connectivity index is 0.761. The monoisotopic (exact) mass is 1030 g/mol. The lowest BCUT2D eigenvalue weighted by Crippen LogP contribution is -2.46. The lowest BCUT2D eigenvalue weighted by Gasteiger charge is -2.32. The summed E-state index contributed by atoms with van der Waals surface area (Å²) < 4.78 is 0. The molecule has 16 heteroatoms. The van der Waals surface area contributed by atoms with Crippen LogP contribution < -0.4 is 10.6 Å². The number of likely N-dealkylation sites (tertiary alicyclic amines) is 2. The molecule has 10 rings (SSSR count). The highest BCUT2D eigenvalue weighted by Gasteiger charge is 2.39. The van der Waals surface area contributed by atoms with Gasteiger partial charge in [-0.1, -0.05) is 109 Å². The number of hydrogen-bond acceptors (Lipinski definition) is 12. The lowest BCUT2D eigenvalue weighted by atomic mass is 10.0. The molecule has 0 radical (unpaired) electrons. The number of carbonyl (C=O) groups is 4. The number of amides is 4. The van der Waals surface area contributed by atoms with Crippen molar-refractivity contribution in [3.63, 3.8) is 0 Å². The Hall–Kier alpha value is -6.14. The van der Waals surface area contributed by atoms with Crippen molar-refractivity contribution in [3.05, 3.63) is 143 Å². The van der Waals surface area contributed by atoms with E-state index in [1.54, 1.807) is 22.7 Å². The zero-order valence-corrected chi connectivity index (χ0v) is 44.2. The largest absolute Gasteiger partial charge is 0.340 e. The molecule has 0 aliphatic carbocycles. The fourth-order valence-electron chi connectivity index (χ4n) is 10.7. The fraction of sp³-hybridized carbons (Fsp3) is 0.414. The van der Waals surface area contributed by atoms with E-state index in [0.717, 1.165) is 131 Å². The quantitative estimate of drug-likeness (QED) is 0.0928. The fourth-order valence-corrected chi connectivity index (χ4v) is 12.8. The number of piperazine rings is 2. The van der Waals surface area contributed by atoms with Gasteiger partial charge in [0.1, 0.15) is 22.1 Å². The number of thiazole rings is 2.